The summed E-state index contributed by atoms with van der Waals surface area (Å²) in [6, 6.07) is 0. The number of carbonyl (C=O) groups excluding carboxylic acids is 4. The third kappa shape index (κ3) is 11.1. The molecule has 0 saturated heterocycles. The number of methoxy groups -OCH3 is 4. The summed E-state index contributed by atoms with van der Waals surface area (Å²) in [6.45, 7) is 12.2. The Bertz CT molecular complexity index is 973. The van der Waals surface area contributed by atoms with Gasteiger partial charge in [0.2, 0.25) is 0 Å². The first-order valence-electron chi connectivity index (χ1n) is 13.7. The SMILES string of the molecule is CCC[CH2][Sn]([CH2]CCC)([CH2]CCC)/[C](C(=O)OC)=C(C(=O)OC)\C(C(=O)OC)=C(/C#C[Si](C)(C)C)C(=O)OC. The number of carbonyl (C=O) groups is 4. The second kappa shape index (κ2) is 18.3. The van der Waals surface area contributed by atoms with Crippen LogP contribution < -0.4 is 0 Å². The number of ether oxygens (including phenoxy) is 4. The molecule has 0 aromatic carbocycles. The molecule has 0 N–H and O–H groups in total. The van der Waals surface area contributed by atoms with Crippen molar-refractivity contribution in [3.63, 3.8) is 0 Å². The fourth-order valence-electron chi connectivity index (χ4n) is 4.41. The average molecular weight is 671 g/mol. The van der Waals surface area contributed by atoms with Crippen LogP contribution in [-0.4, -0.2) is 78.8 Å². The van der Waals surface area contributed by atoms with Crippen LogP contribution in [0.1, 0.15) is 59.3 Å². The summed E-state index contributed by atoms with van der Waals surface area (Å²) < 4.78 is 23.2. The van der Waals surface area contributed by atoms with Gasteiger partial charge in [0.25, 0.3) is 0 Å². The van der Waals surface area contributed by atoms with E-state index >= 15 is 0 Å². The zero-order chi connectivity index (χ0) is 30.2. The van der Waals surface area contributed by atoms with Gasteiger partial charge < -0.3 is 0 Å². The van der Waals surface area contributed by atoms with Gasteiger partial charge in [-0.1, -0.05) is 0 Å². The van der Waals surface area contributed by atoms with Crippen molar-refractivity contribution in [3.8, 4) is 11.5 Å². The van der Waals surface area contributed by atoms with Gasteiger partial charge in [0.1, 0.15) is 0 Å². The predicted octanol–water partition coefficient (Wildman–Crippen LogP) is 5.54. The Hall–Kier alpha value is -2.06. The van der Waals surface area contributed by atoms with Gasteiger partial charge in [-0.2, -0.15) is 0 Å². The van der Waals surface area contributed by atoms with Gasteiger partial charge in [-0.15, -0.1) is 0 Å². The zero-order valence-electron chi connectivity index (χ0n) is 25.6. The molecule has 8 nitrogen and oxygen atoms in total. The Kier molecular flexibility index (Phi) is 17.3. The molecule has 0 aromatic rings. The van der Waals surface area contributed by atoms with Crippen molar-refractivity contribution in [2.75, 3.05) is 28.4 Å². The monoisotopic (exact) mass is 672 g/mol. The minimum absolute atomic E-state index is 0.227. The van der Waals surface area contributed by atoms with Crippen LogP contribution in [0.15, 0.2) is 20.3 Å². The van der Waals surface area contributed by atoms with Crippen LogP contribution in [0.3, 0.4) is 0 Å². The number of unbranched alkanes of at least 4 members (excludes halogenated alkanes) is 3. The van der Waals surface area contributed by atoms with Crippen LogP contribution in [0.5, 0.6) is 0 Å². The molecule has 220 valence electrons. The predicted molar refractivity (Wildman–Crippen MR) is 158 cm³/mol. The molecule has 0 unspecified atom stereocenters. The van der Waals surface area contributed by atoms with Crippen molar-refractivity contribution in [3.05, 3.63) is 20.3 Å². The summed E-state index contributed by atoms with van der Waals surface area (Å²) in [6.07, 6.45) is 5.34. The maximum absolute atomic E-state index is 13.7. The summed E-state index contributed by atoms with van der Waals surface area (Å²) in [7, 11) is 2.71. The van der Waals surface area contributed by atoms with E-state index in [1.165, 1.54) is 21.3 Å². The van der Waals surface area contributed by atoms with E-state index in [9.17, 15) is 19.2 Å². The Balaban J connectivity index is 8.48. The van der Waals surface area contributed by atoms with E-state index in [-0.39, 0.29) is 14.7 Å². The zero-order valence-corrected chi connectivity index (χ0v) is 29.5. The van der Waals surface area contributed by atoms with E-state index in [1.54, 1.807) is 0 Å². The van der Waals surface area contributed by atoms with Crippen molar-refractivity contribution >= 4 is 50.3 Å². The molecule has 39 heavy (non-hydrogen) atoms. The minimum atomic E-state index is -3.84. The summed E-state index contributed by atoms with van der Waals surface area (Å²) in [5.41, 5.74) is 2.10. The Morgan fingerprint density at radius 2 is 1.00 bits per heavy atom. The first-order chi connectivity index (χ1) is 18.3. The summed E-state index contributed by atoms with van der Waals surface area (Å²) in [5.74, 6) is -0.619. The Morgan fingerprint density at radius 3 is 1.33 bits per heavy atom. The van der Waals surface area contributed by atoms with Crippen LogP contribution >= 0.6 is 0 Å². The van der Waals surface area contributed by atoms with Gasteiger partial charge in [-0.3, -0.25) is 0 Å². The molecule has 0 fully saturated rings. The fourth-order valence-corrected chi connectivity index (χ4v) is 21.7. The van der Waals surface area contributed by atoms with Crippen molar-refractivity contribution in [1.29, 1.82) is 0 Å². The van der Waals surface area contributed by atoms with Gasteiger partial charge in [-0.25, -0.2) is 0 Å². The Labute approximate surface area is 240 Å². The van der Waals surface area contributed by atoms with E-state index in [0.29, 0.717) is 0 Å². The topological polar surface area (TPSA) is 105 Å². The molecule has 0 amide bonds. The van der Waals surface area contributed by atoms with Gasteiger partial charge in [-0.05, 0) is 0 Å². The summed E-state index contributed by atoms with van der Waals surface area (Å²) >= 11 is -3.84. The number of esters is 4. The third-order valence-corrected chi connectivity index (χ3v) is 22.8. The Morgan fingerprint density at radius 1 is 0.615 bits per heavy atom. The number of hydrogen-bond acceptors (Lipinski definition) is 8. The normalized spacial score (nSPS) is 12.8. The van der Waals surface area contributed by atoms with Crippen LogP contribution in [0, 0.1) is 11.5 Å². The average Bonchev–Trinajstić information content (AvgIpc) is 2.92. The molecule has 0 heterocycles. The maximum atomic E-state index is 13.7. The molecule has 0 atom stereocenters. The molecule has 0 spiro atoms. The van der Waals surface area contributed by atoms with E-state index in [4.69, 9.17) is 18.9 Å². The molecule has 0 bridgehead atoms. The molecular weight excluding hydrogens is 623 g/mol. The second-order valence-electron chi connectivity index (χ2n) is 10.6. The first kappa shape index (κ1) is 36.9. The van der Waals surface area contributed by atoms with Crippen molar-refractivity contribution in [2.45, 2.75) is 92.2 Å². The second-order valence-corrected chi connectivity index (χ2v) is 28.3. The van der Waals surface area contributed by atoms with E-state index in [1.807, 2.05) is 19.6 Å². The van der Waals surface area contributed by atoms with E-state index in [2.05, 4.69) is 32.2 Å². The van der Waals surface area contributed by atoms with Crippen LogP contribution in [-0.2, 0) is 38.1 Å². The number of rotatable bonds is 15. The molecule has 0 radical (unpaired) electrons. The van der Waals surface area contributed by atoms with Gasteiger partial charge >= 0.3 is 241 Å². The van der Waals surface area contributed by atoms with E-state index in [0.717, 1.165) is 58.9 Å². The summed E-state index contributed by atoms with van der Waals surface area (Å²) in [5, 5.41) is 0. The van der Waals surface area contributed by atoms with Crippen LogP contribution in [0.2, 0.25) is 33.0 Å². The molecule has 0 aliphatic rings. The van der Waals surface area contributed by atoms with Gasteiger partial charge in [0.05, 0.1) is 0 Å². The molecule has 0 saturated carbocycles. The summed E-state index contributed by atoms with van der Waals surface area (Å²) in [4.78, 5) is 53.9. The van der Waals surface area contributed by atoms with Crippen molar-refractivity contribution < 1.29 is 38.1 Å². The molecule has 0 aliphatic carbocycles. The van der Waals surface area contributed by atoms with E-state index < -0.39 is 55.9 Å². The molecule has 0 aromatic heterocycles. The third-order valence-electron chi connectivity index (χ3n) is 6.43. The van der Waals surface area contributed by atoms with Crippen molar-refractivity contribution in [1.82, 2.24) is 0 Å². The van der Waals surface area contributed by atoms with Gasteiger partial charge in [0.15, 0.2) is 0 Å². The number of hydrogen-bond donors (Lipinski definition) is 0. The molecular formula is C29H48O8SiSn. The van der Waals surface area contributed by atoms with Crippen molar-refractivity contribution in [2.24, 2.45) is 0 Å². The molecule has 10 heteroatoms. The quantitative estimate of drug-likeness (QED) is 0.0559. The molecule has 0 rings (SSSR count). The fraction of sp³-hybridized carbons (Fsp3) is 0.655. The first-order valence-corrected chi connectivity index (χ1v) is 24.7. The van der Waals surface area contributed by atoms with Crippen LogP contribution in [0.4, 0.5) is 0 Å². The van der Waals surface area contributed by atoms with Crippen LogP contribution in [0.25, 0.3) is 0 Å². The molecule has 0 aliphatic heterocycles. The standard InChI is InChI=1S/C17H21O8Si.3C4H9.Sn/c1-22-13(18)10-12(16(20)24-3)14(17(21)25-4)11(15(19)23-2)8-9-26(5,6)7;3*1-3-4-2;/h1-7H3;3*1,3-4H2,2H3;/b12-10?,14-11-;;;;. The van der Waals surface area contributed by atoms with Gasteiger partial charge in [0, 0.05) is 0 Å².